The molecule has 4 aromatic rings. The van der Waals surface area contributed by atoms with Gasteiger partial charge in [0.2, 0.25) is 11.7 Å². The molecule has 1 N–H and O–H groups in total. The van der Waals surface area contributed by atoms with Crippen molar-refractivity contribution in [3.63, 3.8) is 0 Å². The van der Waals surface area contributed by atoms with E-state index < -0.39 is 11.5 Å². The molecule has 3 aromatic heterocycles. The van der Waals surface area contributed by atoms with E-state index >= 15 is 0 Å². The third kappa shape index (κ3) is 2.70. The zero-order valence-electron chi connectivity index (χ0n) is 12.6. The molecule has 0 amide bonds. The molecule has 0 aliphatic heterocycles. The maximum absolute atomic E-state index is 12.6. The number of aromatic nitrogens is 4. The van der Waals surface area contributed by atoms with Gasteiger partial charge in [0.1, 0.15) is 6.54 Å². The zero-order chi connectivity index (χ0) is 17.4. The van der Waals surface area contributed by atoms with Crippen molar-refractivity contribution in [1.29, 1.82) is 0 Å². The Bertz CT molecular complexity index is 1130. The molecule has 3 heterocycles. The highest BCUT2D eigenvalue weighted by Crippen LogP contribution is 2.19. The second-order valence-corrected chi connectivity index (χ2v) is 5.97. The van der Waals surface area contributed by atoms with Crippen LogP contribution in [0.15, 0.2) is 50.4 Å². The van der Waals surface area contributed by atoms with E-state index in [4.69, 9.17) is 4.52 Å². The first kappa shape index (κ1) is 15.2. The van der Waals surface area contributed by atoms with Gasteiger partial charge in [0, 0.05) is 16.3 Å². The van der Waals surface area contributed by atoms with E-state index in [0.717, 1.165) is 10.2 Å². The van der Waals surface area contributed by atoms with Gasteiger partial charge in [-0.15, -0.1) is 0 Å². The highest BCUT2D eigenvalue weighted by Gasteiger charge is 2.17. The van der Waals surface area contributed by atoms with Gasteiger partial charge < -0.3 is 9.63 Å². The fourth-order valence-corrected chi connectivity index (χ4v) is 3.09. The molecule has 0 aliphatic rings. The first-order valence-electron chi connectivity index (χ1n) is 7.22. The topological polar surface area (TPSA) is 111 Å². The van der Waals surface area contributed by atoms with Crippen molar-refractivity contribution in [2.45, 2.75) is 6.54 Å². The Morgan fingerprint density at radius 3 is 2.76 bits per heavy atom. The van der Waals surface area contributed by atoms with E-state index in [0.29, 0.717) is 11.2 Å². The summed E-state index contributed by atoms with van der Waals surface area (Å²) < 4.78 is 6.18. The molecule has 25 heavy (non-hydrogen) atoms. The van der Waals surface area contributed by atoms with Crippen LogP contribution in [-0.4, -0.2) is 31.0 Å². The Balaban J connectivity index is 1.78. The molecule has 9 heteroatoms. The minimum absolute atomic E-state index is 0.110. The molecule has 0 saturated carbocycles. The van der Waals surface area contributed by atoms with Gasteiger partial charge in [-0.1, -0.05) is 23.4 Å². The third-order valence-corrected chi connectivity index (χ3v) is 4.29. The summed E-state index contributed by atoms with van der Waals surface area (Å²) >= 11 is 1.50. The maximum Gasteiger partial charge on any atom is 0.357 e. The number of carboxylic acids is 1. The molecular formula is C16H10N4O4S. The van der Waals surface area contributed by atoms with Crippen molar-refractivity contribution >= 4 is 28.1 Å². The van der Waals surface area contributed by atoms with Crippen LogP contribution in [0.4, 0.5) is 0 Å². The maximum atomic E-state index is 12.6. The second kappa shape index (κ2) is 5.95. The summed E-state index contributed by atoms with van der Waals surface area (Å²) in [6.07, 6.45) is 0. The van der Waals surface area contributed by atoms with Crippen LogP contribution in [0.5, 0.6) is 0 Å². The van der Waals surface area contributed by atoms with Crippen LogP contribution in [0.1, 0.15) is 16.4 Å². The molecular weight excluding hydrogens is 344 g/mol. The molecule has 4 rings (SSSR count). The zero-order valence-corrected chi connectivity index (χ0v) is 13.4. The summed E-state index contributed by atoms with van der Waals surface area (Å²) in [6.45, 7) is -0.110. The summed E-state index contributed by atoms with van der Waals surface area (Å²) in [7, 11) is 0. The molecule has 0 atom stereocenters. The van der Waals surface area contributed by atoms with Crippen LogP contribution in [0.2, 0.25) is 0 Å². The SMILES string of the molecule is O=C(O)c1nn(Cc2nc(-c3ccsc3)no2)c(=O)c2ccccc12. The van der Waals surface area contributed by atoms with Crippen LogP contribution < -0.4 is 5.56 Å². The normalized spacial score (nSPS) is 11.0. The molecule has 0 aliphatic carbocycles. The van der Waals surface area contributed by atoms with Gasteiger partial charge in [0.05, 0.1) is 5.39 Å². The van der Waals surface area contributed by atoms with E-state index in [1.807, 2.05) is 16.8 Å². The van der Waals surface area contributed by atoms with Crippen molar-refractivity contribution in [3.8, 4) is 11.4 Å². The predicted octanol–water partition coefficient (Wildman–Crippen LogP) is 2.25. The van der Waals surface area contributed by atoms with Gasteiger partial charge in [-0.3, -0.25) is 4.79 Å². The summed E-state index contributed by atoms with van der Waals surface area (Å²) in [5.41, 5.74) is 0.189. The van der Waals surface area contributed by atoms with Crippen LogP contribution in [0.3, 0.4) is 0 Å². The number of carbonyl (C=O) groups is 1. The summed E-state index contributed by atoms with van der Waals surface area (Å²) in [5, 5.41) is 21.5. The number of nitrogens with zero attached hydrogens (tertiary/aromatic N) is 4. The Hall–Kier alpha value is -3.33. The number of hydrogen-bond acceptors (Lipinski definition) is 7. The summed E-state index contributed by atoms with van der Waals surface area (Å²) in [6, 6.07) is 8.29. The van der Waals surface area contributed by atoms with Crippen LogP contribution >= 0.6 is 11.3 Å². The van der Waals surface area contributed by atoms with Gasteiger partial charge in [0.25, 0.3) is 5.56 Å². The van der Waals surface area contributed by atoms with Crippen LogP contribution in [0, 0.1) is 0 Å². The number of fused-ring (bicyclic) bond motifs is 1. The lowest BCUT2D eigenvalue weighted by atomic mass is 10.1. The molecule has 124 valence electrons. The van der Waals surface area contributed by atoms with E-state index in [9.17, 15) is 14.7 Å². The van der Waals surface area contributed by atoms with Crippen molar-refractivity contribution in [1.82, 2.24) is 19.9 Å². The van der Waals surface area contributed by atoms with Crippen molar-refractivity contribution in [3.05, 3.63) is 63.0 Å². The molecule has 0 spiro atoms. The summed E-state index contributed by atoms with van der Waals surface area (Å²) in [5.74, 6) is -0.639. The largest absolute Gasteiger partial charge is 0.476 e. The number of thiophene rings is 1. The Morgan fingerprint density at radius 1 is 1.24 bits per heavy atom. The minimum Gasteiger partial charge on any atom is -0.476 e. The lowest BCUT2D eigenvalue weighted by molar-refractivity contribution is 0.0690. The van der Waals surface area contributed by atoms with Gasteiger partial charge in [-0.2, -0.15) is 21.4 Å². The fourth-order valence-electron chi connectivity index (χ4n) is 2.46. The lowest BCUT2D eigenvalue weighted by Gasteiger charge is -2.06. The molecule has 0 radical (unpaired) electrons. The van der Waals surface area contributed by atoms with Gasteiger partial charge in [-0.25, -0.2) is 9.48 Å². The summed E-state index contributed by atoms with van der Waals surface area (Å²) in [4.78, 5) is 28.3. The number of carboxylic acid groups (broad SMARTS) is 1. The molecule has 0 unspecified atom stereocenters. The number of benzene rings is 1. The predicted molar refractivity (Wildman–Crippen MR) is 89.7 cm³/mol. The number of hydrogen-bond donors (Lipinski definition) is 1. The first-order valence-corrected chi connectivity index (χ1v) is 8.16. The van der Waals surface area contributed by atoms with Crippen LogP contribution in [-0.2, 0) is 6.54 Å². The highest BCUT2D eigenvalue weighted by atomic mass is 32.1. The monoisotopic (exact) mass is 354 g/mol. The Kier molecular flexibility index (Phi) is 3.62. The Labute approximate surface area is 144 Å². The van der Waals surface area contributed by atoms with E-state index in [1.54, 1.807) is 24.3 Å². The number of rotatable bonds is 4. The highest BCUT2D eigenvalue weighted by molar-refractivity contribution is 7.08. The quantitative estimate of drug-likeness (QED) is 0.598. The van der Waals surface area contributed by atoms with Crippen LogP contribution in [0.25, 0.3) is 22.2 Å². The van der Waals surface area contributed by atoms with Gasteiger partial charge in [0.15, 0.2) is 5.69 Å². The molecule has 1 aromatic carbocycles. The lowest BCUT2D eigenvalue weighted by Crippen LogP contribution is -2.26. The average Bonchev–Trinajstić information content (AvgIpc) is 3.28. The average molecular weight is 354 g/mol. The van der Waals surface area contributed by atoms with E-state index in [2.05, 4.69) is 15.2 Å². The molecule has 0 fully saturated rings. The van der Waals surface area contributed by atoms with Gasteiger partial charge >= 0.3 is 5.97 Å². The molecule has 8 nitrogen and oxygen atoms in total. The third-order valence-electron chi connectivity index (χ3n) is 3.60. The van der Waals surface area contributed by atoms with E-state index in [1.165, 1.54) is 11.3 Å². The first-order chi connectivity index (χ1) is 12.1. The van der Waals surface area contributed by atoms with Crippen molar-refractivity contribution in [2.24, 2.45) is 0 Å². The second-order valence-electron chi connectivity index (χ2n) is 5.19. The van der Waals surface area contributed by atoms with Crippen molar-refractivity contribution in [2.75, 3.05) is 0 Å². The Morgan fingerprint density at radius 2 is 2.04 bits per heavy atom. The van der Waals surface area contributed by atoms with Gasteiger partial charge in [-0.05, 0) is 17.5 Å². The smallest absolute Gasteiger partial charge is 0.357 e. The molecule has 0 bridgehead atoms. The van der Waals surface area contributed by atoms with Crippen molar-refractivity contribution < 1.29 is 14.4 Å². The fraction of sp³-hybridized carbons (Fsp3) is 0.0625. The van der Waals surface area contributed by atoms with E-state index in [-0.39, 0.29) is 23.5 Å². The number of aromatic carboxylic acids is 1. The molecule has 0 saturated heterocycles. The standard InChI is InChI=1S/C16H10N4O4S/c21-15-11-4-2-1-3-10(11)13(16(22)23)18-20(15)7-12-17-14(19-24-12)9-5-6-25-8-9/h1-6,8H,7H2,(H,22,23). The minimum atomic E-state index is -1.21.